The molecule has 0 radical (unpaired) electrons. The van der Waals surface area contributed by atoms with Gasteiger partial charge in [0.05, 0.1) is 6.42 Å². The van der Waals surface area contributed by atoms with Gasteiger partial charge in [-0.15, -0.1) is 0 Å². The largest absolute Gasteiger partial charge is 0.349 e. The third-order valence-corrected chi connectivity index (χ3v) is 4.57. The molecule has 2 amide bonds. The first kappa shape index (κ1) is 18.6. The molecule has 0 aromatic heterocycles. The molecule has 0 heterocycles. The summed E-state index contributed by atoms with van der Waals surface area (Å²) < 4.78 is 0. The maximum Gasteiger partial charge on any atom is 0.228 e. The SMILES string of the molecule is CN(C)C(=O)CCc1cccc(NC(=O)Cc2cccc3ccccc23)c1. The number of benzene rings is 3. The number of amides is 2. The summed E-state index contributed by atoms with van der Waals surface area (Å²) in [7, 11) is 3.51. The molecular weight excluding hydrogens is 336 g/mol. The first-order chi connectivity index (χ1) is 13.0. The van der Waals surface area contributed by atoms with Gasteiger partial charge in [-0.3, -0.25) is 9.59 Å². The fourth-order valence-electron chi connectivity index (χ4n) is 3.10. The van der Waals surface area contributed by atoms with E-state index in [4.69, 9.17) is 0 Å². The molecule has 0 atom stereocenters. The summed E-state index contributed by atoms with van der Waals surface area (Å²) in [5, 5.41) is 5.21. The van der Waals surface area contributed by atoms with Crippen molar-refractivity contribution < 1.29 is 9.59 Å². The molecule has 0 aliphatic carbocycles. The average molecular weight is 360 g/mol. The maximum atomic E-state index is 12.5. The zero-order valence-corrected chi connectivity index (χ0v) is 15.7. The summed E-state index contributed by atoms with van der Waals surface area (Å²) in [5.74, 6) is 0.0493. The number of fused-ring (bicyclic) bond motifs is 1. The molecule has 3 rings (SSSR count). The fourth-order valence-corrected chi connectivity index (χ4v) is 3.10. The molecule has 0 saturated carbocycles. The lowest BCUT2D eigenvalue weighted by molar-refractivity contribution is -0.128. The van der Waals surface area contributed by atoms with Gasteiger partial charge >= 0.3 is 0 Å². The molecule has 0 unspecified atom stereocenters. The van der Waals surface area contributed by atoms with Crippen molar-refractivity contribution in [1.29, 1.82) is 0 Å². The Bertz CT molecular complexity index is 958. The standard InChI is InChI=1S/C23H24N2O2/c1-25(2)23(27)14-13-17-7-5-11-20(15-17)24-22(26)16-19-10-6-9-18-8-3-4-12-21(18)19/h3-12,15H,13-14,16H2,1-2H3,(H,24,26). The first-order valence-electron chi connectivity index (χ1n) is 9.08. The number of hydrogen-bond acceptors (Lipinski definition) is 2. The monoisotopic (exact) mass is 360 g/mol. The van der Waals surface area contributed by atoms with E-state index < -0.39 is 0 Å². The van der Waals surface area contributed by atoms with Crippen LogP contribution in [-0.2, 0) is 22.4 Å². The molecule has 3 aromatic rings. The highest BCUT2D eigenvalue weighted by Crippen LogP contribution is 2.20. The van der Waals surface area contributed by atoms with Crippen LogP contribution < -0.4 is 5.32 Å². The molecule has 0 saturated heterocycles. The second kappa shape index (κ2) is 8.49. The number of rotatable bonds is 6. The number of carbonyl (C=O) groups excluding carboxylic acids is 2. The Hall–Kier alpha value is -3.14. The Morgan fingerprint density at radius 1 is 0.926 bits per heavy atom. The molecule has 0 bridgehead atoms. The van der Waals surface area contributed by atoms with Crippen LogP contribution in [0.25, 0.3) is 10.8 Å². The van der Waals surface area contributed by atoms with Crippen molar-refractivity contribution in [2.75, 3.05) is 19.4 Å². The number of carbonyl (C=O) groups is 2. The lowest BCUT2D eigenvalue weighted by Crippen LogP contribution is -2.21. The van der Waals surface area contributed by atoms with E-state index in [2.05, 4.69) is 17.4 Å². The Balaban J connectivity index is 1.65. The summed E-state index contributed by atoms with van der Waals surface area (Å²) in [6.45, 7) is 0. The zero-order chi connectivity index (χ0) is 19.2. The first-order valence-corrected chi connectivity index (χ1v) is 9.08. The minimum atomic E-state index is -0.0483. The summed E-state index contributed by atoms with van der Waals surface area (Å²) in [4.78, 5) is 25.9. The molecular formula is C23H24N2O2. The molecule has 0 aliphatic rings. The van der Waals surface area contributed by atoms with Gasteiger partial charge in [-0.25, -0.2) is 0 Å². The quantitative estimate of drug-likeness (QED) is 0.721. The van der Waals surface area contributed by atoms with Gasteiger partial charge in [-0.1, -0.05) is 54.6 Å². The van der Waals surface area contributed by atoms with Crippen molar-refractivity contribution >= 4 is 28.3 Å². The van der Waals surface area contributed by atoms with E-state index in [1.807, 2.05) is 54.6 Å². The molecule has 1 N–H and O–H groups in total. The predicted octanol–water partition coefficient (Wildman–Crippen LogP) is 4.04. The van der Waals surface area contributed by atoms with Crippen LogP contribution in [0.2, 0.25) is 0 Å². The van der Waals surface area contributed by atoms with E-state index in [-0.39, 0.29) is 11.8 Å². The molecule has 138 valence electrons. The predicted molar refractivity (Wildman–Crippen MR) is 110 cm³/mol. The fraction of sp³-hybridized carbons (Fsp3) is 0.217. The van der Waals surface area contributed by atoms with E-state index in [0.29, 0.717) is 19.3 Å². The van der Waals surface area contributed by atoms with Crippen LogP contribution in [0.15, 0.2) is 66.7 Å². The van der Waals surface area contributed by atoms with Crippen molar-refractivity contribution in [3.05, 3.63) is 77.9 Å². The Morgan fingerprint density at radius 2 is 1.67 bits per heavy atom. The van der Waals surface area contributed by atoms with Gasteiger partial charge in [0.1, 0.15) is 0 Å². The van der Waals surface area contributed by atoms with Crippen LogP contribution in [0.1, 0.15) is 17.5 Å². The summed E-state index contributed by atoms with van der Waals surface area (Å²) in [5.41, 5.74) is 2.81. The van der Waals surface area contributed by atoms with Crippen molar-refractivity contribution in [3.63, 3.8) is 0 Å². The molecule has 27 heavy (non-hydrogen) atoms. The highest BCUT2D eigenvalue weighted by atomic mass is 16.2. The Kier molecular flexibility index (Phi) is 5.87. The van der Waals surface area contributed by atoms with Crippen molar-refractivity contribution in [1.82, 2.24) is 4.90 Å². The maximum absolute atomic E-state index is 12.5. The van der Waals surface area contributed by atoms with Crippen LogP contribution in [0, 0.1) is 0 Å². The van der Waals surface area contributed by atoms with Crippen molar-refractivity contribution in [3.8, 4) is 0 Å². The third-order valence-electron chi connectivity index (χ3n) is 4.57. The number of hydrogen-bond donors (Lipinski definition) is 1. The molecule has 0 aliphatic heterocycles. The van der Waals surface area contributed by atoms with E-state index in [9.17, 15) is 9.59 Å². The minimum Gasteiger partial charge on any atom is -0.349 e. The van der Waals surface area contributed by atoms with Gasteiger partial charge < -0.3 is 10.2 Å². The summed E-state index contributed by atoms with van der Waals surface area (Å²) in [6.07, 6.45) is 1.44. The second-order valence-corrected chi connectivity index (χ2v) is 6.85. The lowest BCUT2D eigenvalue weighted by atomic mass is 10.0. The highest BCUT2D eigenvalue weighted by Gasteiger charge is 2.09. The number of nitrogens with zero attached hydrogens (tertiary/aromatic N) is 1. The smallest absolute Gasteiger partial charge is 0.228 e. The van der Waals surface area contributed by atoms with Crippen LogP contribution in [0.3, 0.4) is 0 Å². The number of nitrogens with one attached hydrogen (secondary N) is 1. The van der Waals surface area contributed by atoms with Gasteiger partial charge in [0.2, 0.25) is 11.8 Å². The summed E-state index contributed by atoms with van der Waals surface area (Å²) in [6, 6.07) is 21.8. The van der Waals surface area contributed by atoms with Crippen LogP contribution in [0.5, 0.6) is 0 Å². The van der Waals surface area contributed by atoms with E-state index in [1.54, 1.807) is 19.0 Å². The van der Waals surface area contributed by atoms with Crippen LogP contribution in [0.4, 0.5) is 5.69 Å². The van der Waals surface area contributed by atoms with E-state index in [1.165, 1.54) is 0 Å². The summed E-state index contributed by atoms with van der Waals surface area (Å²) >= 11 is 0. The molecule has 0 fully saturated rings. The highest BCUT2D eigenvalue weighted by molar-refractivity contribution is 5.96. The van der Waals surface area contributed by atoms with Gasteiger partial charge in [0.25, 0.3) is 0 Å². The lowest BCUT2D eigenvalue weighted by Gasteiger charge is -2.11. The van der Waals surface area contributed by atoms with Gasteiger partial charge in [-0.2, -0.15) is 0 Å². The second-order valence-electron chi connectivity index (χ2n) is 6.85. The zero-order valence-electron chi connectivity index (χ0n) is 15.7. The van der Waals surface area contributed by atoms with Gasteiger partial charge in [-0.05, 0) is 40.5 Å². The Labute approximate surface area is 159 Å². The number of aryl methyl sites for hydroxylation is 1. The minimum absolute atomic E-state index is 0.0483. The normalized spacial score (nSPS) is 10.6. The molecule has 3 aromatic carbocycles. The van der Waals surface area contributed by atoms with Crippen LogP contribution >= 0.6 is 0 Å². The topological polar surface area (TPSA) is 49.4 Å². The van der Waals surface area contributed by atoms with E-state index in [0.717, 1.165) is 27.6 Å². The number of anilines is 1. The van der Waals surface area contributed by atoms with Crippen molar-refractivity contribution in [2.24, 2.45) is 0 Å². The van der Waals surface area contributed by atoms with Crippen LogP contribution in [-0.4, -0.2) is 30.8 Å². The Morgan fingerprint density at radius 3 is 2.48 bits per heavy atom. The van der Waals surface area contributed by atoms with Gasteiger partial charge in [0.15, 0.2) is 0 Å². The molecule has 4 heteroatoms. The average Bonchev–Trinajstić information content (AvgIpc) is 2.66. The third kappa shape index (κ3) is 4.94. The van der Waals surface area contributed by atoms with E-state index >= 15 is 0 Å². The van der Waals surface area contributed by atoms with Crippen molar-refractivity contribution in [2.45, 2.75) is 19.3 Å². The molecule has 0 spiro atoms. The van der Waals surface area contributed by atoms with Gasteiger partial charge in [0, 0.05) is 26.2 Å². The molecule has 4 nitrogen and oxygen atoms in total.